The molecule has 1 saturated heterocycles. The lowest BCUT2D eigenvalue weighted by Crippen LogP contribution is -2.53. The van der Waals surface area contributed by atoms with Crippen LogP contribution < -0.4 is 5.32 Å². The minimum Gasteiger partial charge on any atom is -0.325 e. The van der Waals surface area contributed by atoms with E-state index in [2.05, 4.69) is 61.4 Å². The zero-order chi connectivity index (χ0) is 18.4. The van der Waals surface area contributed by atoms with Gasteiger partial charge >= 0.3 is 0 Å². The quantitative estimate of drug-likeness (QED) is 0.781. The third-order valence-electron chi connectivity index (χ3n) is 4.99. The first-order chi connectivity index (χ1) is 12.6. The van der Waals surface area contributed by atoms with Crippen molar-refractivity contribution in [3.63, 3.8) is 0 Å². The Hall–Kier alpha value is -1.69. The van der Waals surface area contributed by atoms with Crippen LogP contribution in [0.2, 0.25) is 0 Å². The summed E-state index contributed by atoms with van der Waals surface area (Å²) in [5.74, 6) is 0.0563. The third-order valence-corrected chi connectivity index (χ3v) is 5.48. The van der Waals surface area contributed by atoms with Gasteiger partial charge in [-0.05, 0) is 37.1 Å². The second-order valence-corrected chi connectivity index (χ2v) is 7.70. The number of benzene rings is 2. The van der Waals surface area contributed by atoms with E-state index in [9.17, 15) is 4.79 Å². The van der Waals surface area contributed by atoms with E-state index in [4.69, 9.17) is 0 Å². The Morgan fingerprint density at radius 1 is 1.08 bits per heavy atom. The number of rotatable bonds is 6. The Morgan fingerprint density at radius 3 is 2.50 bits per heavy atom. The van der Waals surface area contributed by atoms with Crippen molar-refractivity contribution >= 4 is 27.5 Å². The summed E-state index contributed by atoms with van der Waals surface area (Å²) in [4.78, 5) is 17.3. The van der Waals surface area contributed by atoms with E-state index in [1.165, 1.54) is 5.56 Å². The van der Waals surface area contributed by atoms with Crippen LogP contribution in [-0.4, -0.2) is 54.5 Å². The summed E-state index contributed by atoms with van der Waals surface area (Å²) >= 11 is 3.44. The molecule has 2 aromatic rings. The summed E-state index contributed by atoms with van der Waals surface area (Å²) in [5, 5.41) is 3.01. The zero-order valence-corrected chi connectivity index (χ0v) is 16.8. The standard InChI is InChI=1S/C21H26BrN3O/c1-17(21(26)23-20-9-5-8-19(22)16-20)25-14-12-24(13-15-25)11-10-18-6-3-2-4-7-18/h2-9,16-17H,10-15H2,1H3,(H,23,26)/t17-/m0/s1. The monoisotopic (exact) mass is 415 g/mol. The normalized spacial score (nSPS) is 17.0. The van der Waals surface area contributed by atoms with Crippen LogP contribution in [0.5, 0.6) is 0 Å². The molecule has 138 valence electrons. The van der Waals surface area contributed by atoms with Crippen molar-refractivity contribution < 1.29 is 4.79 Å². The molecule has 26 heavy (non-hydrogen) atoms. The Labute approximate surface area is 164 Å². The molecule has 0 saturated carbocycles. The van der Waals surface area contributed by atoms with Crippen molar-refractivity contribution in [3.05, 3.63) is 64.6 Å². The van der Waals surface area contributed by atoms with Gasteiger partial charge < -0.3 is 10.2 Å². The van der Waals surface area contributed by atoms with E-state index >= 15 is 0 Å². The largest absolute Gasteiger partial charge is 0.325 e. The highest BCUT2D eigenvalue weighted by Crippen LogP contribution is 2.17. The molecule has 1 aliphatic rings. The number of piperazine rings is 1. The van der Waals surface area contributed by atoms with Gasteiger partial charge in [-0.1, -0.05) is 52.3 Å². The maximum atomic E-state index is 12.5. The van der Waals surface area contributed by atoms with Crippen LogP contribution in [0.4, 0.5) is 5.69 Å². The number of carbonyl (C=O) groups excluding carboxylic acids is 1. The average molecular weight is 416 g/mol. The Morgan fingerprint density at radius 2 is 1.81 bits per heavy atom. The molecule has 1 atom stereocenters. The van der Waals surface area contributed by atoms with Gasteiger partial charge in [0, 0.05) is 42.9 Å². The van der Waals surface area contributed by atoms with Gasteiger partial charge in [0.15, 0.2) is 0 Å². The fraction of sp³-hybridized carbons (Fsp3) is 0.381. The first-order valence-electron chi connectivity index (χ1n) is 9.18. The Bertz CT molecular complexity index is 714. The van der Waals surface area contributed by atoms with Gasteiger partial charge in [0.2, 0.25) is 5.91 Å². The second kappa shape index (κ2) is 9.31. The number of hydrogen-bond acceptors (Lipinski definition) is 3. The van der Waals surface area contributed by atoms with Gasteiger partial charge in [-0.2, -0.15) is 0 Å². The number of halogens is 1. The molecule has 1 fully saturated rings. The lowest BCUT2D eigenvalue weighted by Gasteiger charge is -2.37. The molecular formula is C21H26BrN3O. The lowest BCUT2D eigenvalue weighted by atomic mass is 10.1. The Kier molecular flexibility index (Phi) is 6.83. The molecule has 4 nitrogen and oxygen atoms in total. The molecule has 5 heteroatoms. The number of nitrogens with zero attached hydrogens (tertiary/aromatic N) is 2. The lowest BCUT2D eigenvalue weighted by molar-refractivity contribution is -0.121. The predicted molar refractivity (Wildman–Crippen MR) is 110 cm³/mol. The number of nitrogens with one attached hydrogen (secondary N) is 1. The van der Waals surface area contributed by atoms with E-state index < -0.39 is 0 Å². The van der Waals surface area contributed by atoms with Crippen LogP contribution in [0.1, 0.15) is 12.5 Å². The molecule has 0 aromatic heterocycles. The second-order valence-electron chi connectivity index (χ2n) is 6.79. The molecule has 0 spiro atoms. The minimum atomic E-state index is -0.120. The van der Waals surface area contributed by atoms with Gasteiger partial charge in [-0.15, -0.1) is 0 Å². The summed E-state index contributed by atoms with van der Waals surface area (Å²) in [6, 6.07) is 18.2. The predicted octanol–water partition coefficient (Wildman–Crippen LogP) is 3.64. The average Bonchev–Trinajstić information content (AvgIpc) is 2.67. The van der Waals surface area contributed by atoms with Gasteiger partial charge in [-0.3, -0.25) is 9.69 Å². The summed E-state index contributed by atoms with van der Waals surface area (Å²) < 4.78 is 0.968. The highest BCUT2D eigenvalue weighted by Gasteiger charge is 2.25. The molecule has 1 aliphatic heterocycles. The van der Waals surface area contributed by atoms with Crippen LogP contribution in [0.25, 0.3) is 0 Å². The SMILES string of the molecule is C[C@@H](C(=O)Nc1cccc(Br)c1)N1CCN(CCc2ccccc2)CC1. The summed E-state index contributed by atoms with van der Waals surface area (Å²) in [6.45, 7) is 6.97. The maximum absolute atomic E-state index is 12.5. The third kappa shape index (κ3) is 5.40. The van der Waals surface area contributed by atoms with Crippen LogP contribution in [0, 0.1) is 0 Å². The van der Waals surface area contributed by atoms with Crippen LogP contribution >= 0.6 is 15.9 Å². The number of amides is 1. The topological polar surface area (TPSA) is 35.6 Å². The molecular weight excluding hydrogens is 390 g/mol. The number of anilines is 1. The van der Waals surface area contributed by atoms with Gasteiger partial charge in [-0.25, -0.2) is 0 Å². The van der Waals surface area contributed by atoms with Crippen LogP contribution in [-0.2, 0) is 11.2 Å². The van der Waals surface area contributed by atoms with Gasteiger partial charge in [0.25, 0.3) is 0 Å². The molecule has 0 unspecified atom stereocenters. The molecule has 1 amide bonds. The van der Waals surface area contributed by atoms with Crippen molar-refractivity contribution in [2.75, 3.05) is 38.0 Å². The van der Waals surface area contributed by atoms with Crippen molar-refractivity contribution in [1.82, 2.24) is 9.80 Å². The van der Waals surface area contributed by atoms with E-state index in [0.29, 0.717) is 0 Å². The smallest absolute Gasteiger partial charge is 0.241 e. The van der Waals surface area contributed by atoms with Gasteiger partial charge in [0.05, 0.1) is 6.04 Å². The van der Waals surface area contributed by atoms with Crippen molar-refractivity contribution in [1.29, 1.82) is 0 Å². The van der Waals surface area contributed by atoms with E-state index in [1.807, 2.05) is 31.2 Å². The Balaban J connectivity index is 1.44. The molecule has 0 bridgehead atoms. The van der Waals surface area contributed by atoms with Crippen molar-refractivity contribution in [3.8, 4) is 0 Å². The maximum Gasteiger partial charge on any atom is 0.241 e. The van der Waals surface area contributed by atoms with Crippen LogP contribution in [0.15, 0.2) is 59.1 Å². The molecule has 1 N–H and O–H groups in total. The fourth-order valence-electron chi connectivity index (χ4n) is 3.28. The fourth-order valence-corrected chi connectivity index (χ4v) is 3.68. The summed E-state index contributed by atoms with van der Waals surface area (Å²) in [5.41, 5.74) is 2.22. The van der Waals surface area contributed by atoms with Crippen molar-refractivity contribution in [2.45, 2.75) is 19.4 Å². The summed E-state index contributed by atoms with van der Waals surface area (Å²) in [6.07, 6.45) is 1.08. The van der Waals surface area contributed by atoms with E-state index in [1.54, 1.807) is 0 Å². The molecule has 1 heterocycles. The zero-order valence-electron chi connectivity index (χ0n) is 15.2. The van der Waals surface area contributed by atoms with E-state index in [0.717, 1.165) is 49.3 Å². The highest BCUT2D eigenvalue weighted by molar-refractivity contribution is 9.10. The summed E-state index contributed by atoms with van der Waals surface area (Å²) in [7, 11) is 0. The number of hydrogen-bond donors (Lipinski definition) is 1. The van der Waals surface area contributed by atoms with Crippen LogP contribution in [0.3, 0.4) is 0 Å². The number of carbonyl (C=O) groups is 1. The van der Waals surface area contributed by atoms with E-state index in [-0.39, 0.29) is 11.9 Å². The van der Waals surface area contributed by atoms with Gasteiger partial charge in [0.1, 0.15) is 0 Å². The van der Waals surface area contributed by atoms with Crippen molar-refractivity contribution in [2.24, 2.45) is 0 Å². The highest BCUT2D eigenvalue weighted by atomic mass is 79.9. The minimum absolute atomic E-state index is 0.0563. The first kappa shape index (κ1) is 19.1. The molecule has 3 rings (SSSR count). The molecule has 0 aliphatic carbocycles. The molecule has 2 aromatic carbocycles. The molecule has 0 radical (unpaired) electrons. The first-order valence-corrected chi connectivity index (χ1v) is 9.98.